The fourth-order valence-electron chi connectivity index (χ4n) is 2.53. The van der Waals surface area contributed by atoms with Crippen molar-refractivity contribution in [2.24, 2.45) is 4.99 Å². The van der Waals surface area contributed by atoms with E-state index in [-0.39, 0.29) is 34.4 Å². The van der Waals surface area contributed by atoms with Crippen molar-refractivity contribution in [3.8, 4) is 11.5 Å². The van der Waals surface area contributed by atoms with E-state index in [1.807, 2.05) is 0 Å². The van der Waals surface area contributed by atoms with Gasteiger partial charge in [-0.05, 0) is 54.1 Å². The Bertz CT molecular complexity index is 1170. The van der Waals surface area contributed by atoms with Crippen LogP contribution in [0, 0.1) is 5.82 Å². The predicted molar refractivity (Wildman–Crippen MR) is 114 cm³/mol. The topological polar surface area (TPSA) is 108 Å². The van der Waals surface area contributed by atoms with Gasteiger partial charge in [-0.15, -0.1) is 0 Å². The van der Waals surface area contributed by atoms with E-state index < -0.39 is 17.7 Å². The maximum Gasteiger partial charge on any atom is 0.339 e. The summed E-state index contributed by atoms with van der Waals surface area (Å²) in [6.07, 6.45) is 1.46. The first-order chi connectivity index (χ1) is 14.8. The van der Waals surface area contributed by atoms with Crippen LogP contribution in [0.15, 0.2) is 65.7 Å². The lowest BCUT2D eigenvalue weighted by molar-refractivity contribution is -0.118. The number of para-hydroxylation sites is 1. The summed E-state index contributed by atoms with van der Waals surface area (Å²) in [5, 5.41) is 21.2. The number of nitrogens with one attached hydrogen (secondary N) is 1. The average molecular weight is 443 g/mol. The third kappa shape index (κ3) is 5.80. The van der Waals surface area contributed by atoms with Crippen LogP contribution < -0.4 is 10.1 Å². The first-order valence-corrected chi connectivity index (χ1v) is 9.28. The van der Waals surface area contributed by atoms with Crippen LogP contribution in [0.1, 0.15) is 15.9 Å². The van der Waals surface area contributed by atoms with Gasteiger partial charge in [0.2, 0.25) is 0 Å². The second-order valence-corrected chi connectivity index (χ2v) is 6.68. The average Bonchev–Trinajstić information content (AvgIpc) is 2.74. The van der Waals surface area contributed by atoms with E-state index in [1.165, 1.54) is 42.6 Å². The summed E-state index contributed by atoms with van der Waals surface area (Å²) in [7, 11) is 0. The van der Waals surface area contributed by atoms with E-state index in [9.17, 15) is 19.1 Å². The van der Waals surface area contributed by atoms with Crippen molar-refractivity contribution < 1.29 is 28.9 Å². The zero-order chi connectivity index (χ0) is 22.4. The molecule has 3 N–H and O–H groups in total. The largest absolute Gasteiger partial charge is 0.507 e. The number of carboxylic acid groups (broad SMARTS) is 1. The molecule has 0 aliphatic rings. The maximum atomic E-state index is 13.6. The SMILES string of the molecule is O=C(COc1ccc(C=Nc2ccc(O)c(C(=O)O)c2)cc1Cl)Nc1ccccc1F. The quantitative estimate of drug-likeness (QED) is 0.461. The lowest BCUT2D eigenvalue weighted by Gasteiger charge is -2.09. The third-order valence-corrected chi connectivity index (χ3v) is 4.33. The molecule has 0 radical (unpaired) electrons. The summed E-state index contributed by atoms with van der Waals surface area (Å²) >= 11 is 6.18. The van der Waals surface area contributed by atoms with Gasteiger partial charge >= 0.3 is 5.97 Å². The molecule has 0 fully saturated rings. The molecule has 158 valence electrons. The van der Waals surface area contributed by atoms with Crippen LogP contribution in [0.25, 0.3) is 0 Å². The number of carbonyl (C=O) groups is 2. The number of hydrogen-bond donors (Lipinski definition) is 3. The monoisotopic (exact) mass is 442 g/mol. The summed E-state index contributed by atoms with van der Waals surface area (Å²) in [6.45, 7) is -0.368. The molecule has 9 heteroatoms. The Morgan fingerprint density at radius 3 is 2.61 bits per heavy atom. The second-order valence-electron chi connectivity index (χ2n) is 6.27. The number of phenols is 1. The summed E-state index contributed by atoms with van der Waals surface area (Å²) in [5.41, 5.74) is 0.716. The number of carboxylic acids is 1. The van der Waals surface area contributed by atoms with Gasteiger partial charge in [-0.2, -0.15) is 0 Å². The van der Waals surface area contributed by atoms with Gasteiger partial charge in [0.25, 0.3) is 5.91 Å². The minimum absolute atomic E-state index is 0.0500. The second kappa shape index (κ2) is 9.73. The van der Waals surface area contributed by atoms with Crippen LogP contribution in [-0.2, 0) is 4.79 Å². The van der Waals surface area contributed by atoms with Crippen LogP contribution in [-0.4, -0.2) is 34.9 Å². The fourth-order valence-corrected chi connectivity index (χ4v) is 2.77. The third-order valence-electron chi connectivity index (χ3n) is 4.04. The number of rotatable bonds is 7. The first kappa shape index (κ1) is 21.8. The van der Waals surface area contributed by atoms with Gasteiger partial charge in [-0.25, -0.2) is 9.18 Å². The van der Waals surface area contributed by atoms with E-state index in [2.05, 4.69) is 10.3 Å². The molecule has 0 bridgehead atoms. The standard InChI is InChI=1S/C22H16ClFN2O5/c23-16-9-13(11-25-14-6-7-19(27)15(10-14)22(29)30)5-8-20(16)31-12-21(28)26-18-4-2-1-3-17(18)24/h1-11,27H,12H2,(H,26,28)(H,29,30). The number of ether oxygens (including phenoxy) is 1. The molecule has 0 saturated heterocycles. The Kier molecular flexibility index (Phi) is 6.84. The Balaban J connectivity index is 1.63. The Labute approximate surface area is 181 Å². The highest BCUT2D eigenvalue weighted by molar-refractivity contribution is 6.32. The van der Waals surface area contributed by atoms with Crippen molar-refractivity contribution in [2.45, 2.75) is 0 Å². The molecule has 0 aliphatic carbocycles. The number of halogens is 2. The van der Waals surface area contributed by atoms with E-state index in [0.29, 0.717) is 11.3 Å². The highest BCUT2D eigenvalue weighted by Crippen LogP contribution is 2.26. The van der Waals surface area contributed by atoms with Gasteiger partial charge < -0.3 is 20.3 Å². The van der Waals surface area contributed by atoms with Crippen LogP contribution in [0.4, 0.5) is 15.8 Å². The minimum atomic E-state index is -1.27. The van der Waals surface area contributed by atoms with Crippen LogP contribution in [0.5, 0.6) is 11.5 Å². The number of nitrogens with zero attached hydrogens (tertiary/aromatic N) is 1. The van der Waals surface area contributed by atoms with Crippen molar-refractivity contribution >= 4 is 41.1 Å². The van der Waals surface area contributed by atoms with Crippen LogP contribution >= 0.6 is 11.6 Å². The molecule has 3 rings (SSSR count). The number of hydrogen-bond acceptors (Lipinski definition) is 5. The number of carbonyl (C=O) groups excluding carboxylic acids is 1. The van der Waals surface area contributed by atoms with Crippen LogP contribution in [0.2, 0.25) is 5.02 Å². The molecule has 3 aromatic carbocycles. The highest BCUT2D eigenvalue weighted by Gasteiger charge is 2.11. The molecule has 7 nitrogen and oxygen atoms in total. The van der Waals surface area contributed by atoms with Crippen molar-refractivity contribution in [1.82, 2.24) is 0 Å². The van der Waals surface area contributed by atoms with Gasteiger partial charge in [0.1, 0.15) is 22.9 Å². The van der Waals surface area contributed by atoms with Gasteiger partial charge in [-0.3, -0.25) is 9.79 Å². The summed E-state index contributed by atoms with van der Waals surface area (Å²) in [4.78, 5) is 27.2. The zero-order valence-electron chi connectivity index (χ0n) is 15.9. The maximum absolute atomic E-state index is 13.6. The molecule has 0 aromatic heterocycles. The normalized spacial score (nSPS) is 10.8. The number of aromatic hydroxyl groups is 1. The van der Waals surface area contributed by atoms with E-state index >= 15 is 0 Å². The molecule has 0 saturated carbocycles. The molecular formula is C22H16ClFN2O5. The van der Waals surface area contributed by atoms with Crippen molar-refractivity contribution in [3.63, 3.8) is 0 Å². The molecule has 0 spiro atoms. The van der Waals surface area contributed by atoms with Crippen molar-refractivity contribution in [2.75, 3.05) is 11.9 Å². The van der Waals surface area contributed by atoms with Gasteiger partial charge in [0, 0.05) is 6.21 Å². The number of aliphatic imine (C=N–C) groups is 1. The number of benzene rings is 3. The molecule has 31 heavy (non-hydrogen) atoms. The van der Waals surface area contributed by atoms with E-state index in [1.54, 1.807) is 24.3 Å². The Hall–Kier alpha value is -3.91. The number of aromatic carboxylic acids is 1. The smallest absolute Gasteiger partial charge is 0.339 e. The molecule has 3 aromatic rings. The van der Waals surface area contributed by atoms with E-state index in [0.717, 1.165) is 0 Å². The summed E-state index contributed by atoms with van der Waals surface area (Å²) < 4.78 is 18.9. The number of amides is 1. The molecule has 0 heterocycles. The Morgan fingerprint density at radius 2 is 1.90 bits per heavy atom. The lowest BCUT2D eigenvalue weighted by Crippen LogP contribution is -2.20. The molecular weight excluding hydrogens is 427 g/mol. The molecule has 1 amide bonds. The molecule has 0 unspecified atom stereocenters. The first-order valence-electron chi connectivity index (χ1n) is 8.90. The molecule has 0 aliphatic heterocycles. The van der Waals surface area contributed by atoms with Crippen molar-refractivity contribution in [1.29, 1.82) is 0 Å². The lowest BCUT2D eigenvalue weighted by atomic mass is 10.2. The minimum Gasteiger partial charge on any atom is -0.507 e. The number of anilines is 1. The summed E-state index contributed by atoms with van der Waals surface area (Å²) in [6, 6.07) is 14.4. The van der Waals surface area contributed by atoms with Gasteiger partial charge in [-0.1, -0.05) is 23.7 Å². The van der Waals surface area contributed by atoms with Crippen LogP contribution in [0.3, 0.4) is 0 Å². The summed E-state index contributed by atoms with van der Waals surface area (Å²) in [5.74, 6) is -2.47. The fraction of sp³-hybridized carbons (Fsp3) is 0.0455. The van der Waals surface area contributed by atoms with E-state index in [4.69, 9.17) is 21.4 Å². The predicted octanol–water partition coefficient (Wildman–Crippen LogP) is 4.65. The Morgan fingerprint density at radius 1 is 1.13 bits per heavy atom. The highest BCUT2D eigenvalue weighted by atomic mass is 35.5. The zero-order valence-corrected chi connectivity index (χ0v) is 16.6. The van der Waals surface area contributed by atoms with Crippen molar-refractivity contribution in [3.05, 3.63) is 82.6 Å². The van der Waals surface area contributed by atoms with Gasteiger partial charge in [0.05, 0.1) is 16.4 Å². The van der Waals surface area contributed by atoms with Gasteiger partial charge in [0.15, 0.2) is 6.61 Å². The molecule has 0 atom stereocenters.